The average molecular weight is 315 g/mol. The molecule has 0 aromatic carbocycles. The highest BCUT2D eigenvalue weighted by atomic mass is 32.2. The molecular weight excluding hydrogens is 295 g/mol. The summed E-state index contributed by atoms with van der Waals surface area (Å²) in [7, 11) is 1.30. The van der Waals surface area contributed by atoms with E-state index in [-0.39, 0.29) is 42.6 Å². The van der Waals surface area contributed by atoms with Gasteiger partial charge < -0.3 is 9.47 Å². The van der Waals surface area contributed by atoms with Gasteiger partial charge in [0, 0.05) is 32.0 Å². The van der Waals surface area contributed by atoms with Crippen molar-refractivity contribution in [3.05, 3.63) is 0 Å². The molecule has 0 N–H and O–H groups in total. The summed E-state index contributed by atoms with van der Waals surface area (Å²) < 4.78 is 46.4. The van der Waals surface area contributed by atoms with Crippen LogP contribution < -0.4 is 0 Å². The van der Waals surface area contributed by atoms with Crippen LogP contribution in [0.4, 0.5) is 13.2 Å². The standard InChI is InChI=1S/C12H20F3NO3S/c1-18-11(17)4-5-16(6-8-20-12(13,14)15)9-10-3-2-7-19-10/h10H,2-9H2,1H3. The molecule has 1 saturated heterocycles. The summed E-state index contributed by atoms with van der Waals surface area (Å²) in [6, 6.07) is 0. The van der Waals surface area contributed by atoms with E-state index in [0.29, 0.717) is 19.7 Å². The first-order valence-electron chi connectivity index (χ1n) is 6.52. The fraction of sp³-hybridized carbons (Fsp3) is 0.917. The quantitative estimate of drug-likeness (QED) is 0.643. The van der Waals surface area contributed by atoms with Crippen molar-refractivity contribution in [2.75, 3.05) is 39.1 Å². The first-order valence-corrected chi connectivity index (χ1v) is 7.50. The maximum atomic E-state index is 12.1. The topological polar surface area (TPSA) is 38.8 Å². The minimum atomic E-state index is -4.21. The molecule has 1 heterocycles. The lowest BCUT2D eigenvalue weighted by Gasteiger charge is -2.24. The van der Waals surface area contributed by atoms with Gasteiger partial charge in [-0.15, -0.1) is 0 Å². The second kappa shape index (κ2) is 8.74. The molecule has 20 heavy (non-hydrogen) atoms. The molecule has 118 valence electrons. The molecule has 1 aliphatic rings. The predicted molar refractivity (Wildman–Crippen MR) is 70.6 cm³/mol. The van der Waals surface area contributed by atoms with Crippen LogP contribution in [0.25, 0.3) is 0 Å². The lowest BCUT2D eigenvalue weighted by molar-refractivity contribution is -0.141. The first-order chi connectivity index (χ1) is 9.40. The SMILES string of the molecule is COC(=O)CCN(CCSC(F)(F)F)CC1CCCO1. The molecule has 4 nitrogen and oxygen atoms in total. The van der Waals surface area contributed by atoms with E-state index in [2.05, 4.69) is 4.74 Å². The molecule has 0 saturated carbocycles. The van der Waals surface area contributed by atoms with Crippen LogP contribution in [-0.4, -0.2) is 61.6 Å². The second-order valence-corrected chi connectivity index (χ2v) is 5.72. The van der Waals surface area contributed by atoms with Gasteiger partial charge in [0.2, 0.25) is 0 Å². The Kier molecular flexibility index (Phi) is 7.68. The van der Waals surface area contributed by atoms with E-state index >= 15 is 0 Å². The van der Waals surface area contributed by atoms with E-state index in [4.69, 9.17) is 4.74 Å². The van der Waals surface area contributed by atoms with Crippen LogP contribution in [0.3, 0.4) is 0 Å². The van der Waals surface area contributed by atoms with Crippen LogP contribution in [0, 0.1) is 0 Å². The molecule has 0 aromatic rings. The number of alkyl halides is 3. The Balaban J connectivity index is 2.34. The molecule has 1 atom stereocenters. The molecule has 0 amide bonds. The lowest BCUT2D eigenvalue weighted by Crippen LogP contribution is -2.36. The van der Waals surface area contributed by atoms with Crippen molar-refractivity contribution >= 4 is 17.7 Å². The number of rotatable bonds is 8. The number of ether oxygens (including phenoxy) is 2. The molecule has 1 fully saturated rings. The Hall–Kier alpha value is -0.470. The van der Waals surface area contributed by atoms with Gasteiger partial charge in [0.15, 0.2) is 0 Å². The predicted octanol–water partition coefficient (Wildman–Crippen LogP) is 2.28. The summed E-state index contributed by atoms with van der Waals surface area (Å²) in [6.45, 7) is 1.94. The molecule has 0 bridgehead atoms. The second-order valence-electron chi connectivity index (χ2n) is 4.56. The van der Waals surface area contributed by atoms with Crippen molar-refractivity contribution in [3.63, 3.8) is 0 Å². The maximum Gasteiger partial charge on any atom is 0.441 e. The Bertz CT molecular complexity index is 296. The van der Waals surface area contributed by atoms with Gasteiger partial charge in [-0.1, -0.05) is 0 Å². The van der Waals surface area contributed by atoms with Crippen molar-refractivity contribution in [1.82, 2.24) is 4.90 Å². The third kappa shape index (κ3) is 7.96. The van der Waals surface area contributed by atoms with Crippen LogP contribution in [0.5, 0.6) is 0 Å². The Morgan fingerprint density at radius 2 is 2.20 bits per heavy atom. The molecule has 1 aliphatic heterocycles. The number of carbonyl (C=O) groups excluding carboxylic acids is 1. The van der Waals surface area contributed by atoms with Crippen molar-refractivity contribution in [3.8, 4) is 0 Å². The van der Waals surface area contributed by atoms with Gasteiger partial charge in [-0.2, -0.15) is 13.2 Å². The zero-order chi connectivity index (χ0) is 15.0. The zero-order valence-corrected chi connectivity index (χ0v) is 12.3. The third-order valence-electron chi connectivity index (χ3n) is 3.02. The van der Waals surface area contributed by atoms with Crippen LogP contribution in [-0.2, 0) is 14.3 Å². The molecule has 1 unspecified atom stereocenters. The van der Waals surface area contributed by atoms with Crippen molar-refractivity contribution in [2.24, 2.45) is 0 Å². The number of methoxy groups -OCH3 is 1. The number of thioether (sulfide) groups is 1. The van der Waals surface area contributed by atoms with E-state index in [9.17, 15) is 18.0 Å². The Labute approximate surface area is 121 Å². The minimum Gasteiger partial charge on any atom is -0.469 e. The van der Waals surface area contributed by atoms with Crippen molar-refractivity contribution in [2.45, 2.75) is 30.9 Å². The number of nitrogens with zero attached hydrogens (tertiary/aromatic N) is 1. The number of carbonyl (C=O) groups is 1. The van der Waals surface area contributed by atoms with Gasteiger partial charge in [-0.25, -0.2) is 0 Å². The normalized spacial score (nSPS) is 19.6. The van der Waals surface area contributed by atoms with E-state index in [0.717, 1.165) is 12.8 Å². The summed E-state index contributed by atoms with van der Waals surface area (Å²) in [5, 5.41) is 0. The van der Waals surface area contributed by atoms with Gasteiger partial charge in [0.05, 0.1) is 19.6 Å². The molecule has 0 aliphatic carbocycles. The summed E-state index contributed by atoms with van der Waals surface area (Å²) >= 11 is -0.0388. The lowest BCUT2D eigenvalue weighted by atomic mass is 10.2. The molecule has 0 radical (unpaired) electrons. The number of hydrogen-bond donors (Lipinski definition) is 0. The number of hydrogen-bond acceptors (Lipinski definition) is 5. The molecular formula is C12H20F3NO3S. The maximum absolute atomic E-state index is 12.1. The van der Waals surface area contributed by atoms with Gasteiger partial charge in [-0.3, -0.25) is 9.69 Å². The van der Waals surface area contributed by atoms with Crippen LogP contribution in [0.2, 0.25) is 0 Å². The van der Waals surface area contributed by atoms with Crippen LogP contribution >= 0.6 is 11.8 Å². The number of esters is 1. The van der Waals surface area contributed by atoms with Gasteiger partial charge in [0.25, 0.3) is 0 Å². The van der Waals surface area contributed by atoms with Gasteiger partial charge >= 0.3 is 11.5 Å². The highest BCUT2D eigenvalue weighted by Crippen LogP contribution is 2.29. The summed E-state index contributed by atoms with van der Waals surface area (Å²) in [6.07, 6.45) is 2.14. The largest absolute Gasteiger partial charge is 0.469 e. The molecule has 8 heteroatoms. The van der Waals surface area contributed by atoms with E-state index in [1.165, 1.54) is 7.11 Å². The van der Waals surface area contributed by atoms with Crippen molar-refractivity contribution in [1.29, 1.82) is 0 Å². The third-order valence-corrected chi connectivity index (χ3v) is 3.73. The Morgan fingerprint density at radius 3 is 2.75 bits per heavy atom. The fourth-order valence-electron chi connectivity index (χ4n) is 2.01. The van der Waals surface area contributed by atoms with E-state index in [1.807, 2.05) is 4.90 Å². The summed E-state index contributed by atoms with van der Waals surface area (Å²) in [5.41, 5.74) is -4.21. The molecule has 0 aromatic heterocycles. The van der Waals surface area contributed by atoms with Crippen LogP contribution in [0.15, 0.2) is 0 Å². The first kappa shape index (κ1) is 17.6. The highest BCUT2D eigenvalue weighted by molar-refractivity contribution is 8.00. The monoisotopic (exact) mass is 315 g/mol. The van der Waals surface area contributed by atoms with Gasteiger partial charge in [-0.05, 0) is 24.6 Å². The summed E-state index contributed by atoms with van der Waals surface area (Å²) in [5.74, 6) is -0.400. The van der Waals surface area contributed by atoms with E-state index in [1.54, 1.807) is 0 Å². The van der Waals surface area contributed by atoms with Gasteiger partial charge in [0.1, 0.15) is 0 Å². The molecule has 0 spiro atoms. The smallest absolute Gasteiger partial charge is 0.441 e. The zero-order valence-electron chi connectivity index (χ0n) is 11.4. The number of halogens is 3. The van der Waals surface area contributed by atoms with E-state index < -0.39 is 5.51 Å². The van der Waals surface area contributed by atoms with Crippen LogP contribution in [0.1, 0.15) is 19.3 Å². The Morgan fingerprint density at radius 1 is 1.45 bits per heavy atom. The van der Waals surface area contributed by atoms with Crippen molar-refractivity contribution < 1.29 is 27.4 Å². The fourth-order valence-corrected chi connectivity index (χ4v) is 2.59. The minimum absolute atomic E-state index is 0.0388. The average Bonchev–Trinajstić information content (AvgIpc) is 2.86. The molecule has 1 rings (SSSR count). The highest BCUT2D eigenvalue weighted by Gasteiger charge is 2.28. The summed E-state index contributed by atoms with van der Waals surface area (Å²) in [4.78, 5) is 13.0.